The van der Waals surface area contributed by atoms with Crippen LogP contribution in [0.4, 0.5) is 19.0 Å². The van der Waals surface area contributed by atoms with E-state index in [9.17, 15) is 18.0 Å². The minimum absolute atomic E-state index is 0.0146. The van der Waals surface area contributed by atoms with Crippen molar-refractivity contribution in [1.82, 2.24) is 14.5 Å². The number of pyridine rings is 1. The van der Waals surface area contributed by atoms with Crippen LogP contribution in [-0.2, 0) is 22.4 Å². The lowest BCUT2D eigenvalue weighted by molar-refractivity contribution is -0.136. The fourth-order valence-corrected chi connectivity index (χ4v) is 4.00. The van der Waals surface area contributed by atoms with Crippen LogP contribution in [-0.4, -0.2) is 48.2 Å². The van der Waals surface area contributed by atoms with E-state index < -0.39 is 25.7 Å². The molecule has 2 aromatic heterocycles. The fourth-order valence-electron chi connectivity index (χ4n) is 3.24. The van der Waals surface area contributed by atoms with Gasteiger partial charge >= 0.3 is 6.18 Å². The van der Waals surface area contributed by atoms with Crippen LogP contribution in [0, 0.1) is 0 Å². The quantitative estimate of drug-likeness (QED) is 0.526. The van der Waals surface area contributed by atoms with Gasteiger partial charge in [-0.3, -0.25) is 4.79 Å². The number of carbonyl (C=O) groups excluding carboxylic acids is 1. The number of imidazole rings is 1. The Kier molecular flexibility index (Phi) is 6.23. The molecule has 2 aromatic rings. The van der Waals surface area contributed by atoms with E-state index in [1.807, 2.05) is 0 Å². The molecule has 7 nitrogen and oxygen atoms in total. The molecular weight excluding hydrogens is 415 g/mol. The van der Waals surface area contributed by atoms with Gasteiger partial charge in [0, 0.05) is 39.5 Å². The average Bonchev–Trinajstić information content (AvgIpc) is 3.07. The minimum atomic E-state index is -4.57. The molecule has 0 bridgehead atoms. The van der Waals surface area contributed by atoms with Gasteiger partial charge in [0.25, 0.3) is 0 Å². The first kappa shape index (κ1) is 22.3. The van der Waals surface area contributed by atoms with Crippen molar-refractivity contribution in [3.63, 3.8) is 0 Å². The molecule has 0 fully saturated rings. The van der Waals surface area contributed by atoms with Gasteiger partial charge in [-0.25, -0.2) is 9.97 Å². The summed E-state index contributed by atoms with van der Waals surface area (Å²) in [6, 6.07) is 0.918. The summed E-state index contributed by atoms with van der Waals surface area (Å²) in [5.41, 5.74) is 5.08. The van der Waals surface area contributed by atoms with Crippen LogP contribution in [0.5, 0.6) is 0 Å². The SMILES string of the molecule is C[Si](C)(C)CCOCn1cnc2c(N3CC=C(C(N)=O)CC3)ncc(C(F)(F)F)c21. The Hall–Kier alpha value is -2.40. The van der Waals surface area contributed by atoms with Gasteiger partial charge in [0.15, 0.2) is 5.82 Å². The molecular formula is C19H26F3N5O2Si. The number of carbonyl (C=O) groups is 1. The van der Waals surface area contributed by atoms with Crippen LogP contribution in [0.15, 0.2) is 24.2 Å². The molecule has 164 valence electrons. The summed E-state index contributed by atoms with van der Waals surface area (Å²) in [4.78, 5) is 21.4. The first-order chi connectivity index (χ1) is 14.0. The van der Waals surface area contributed by atoms with E-state index in [-0.39, 0.29) is 17.8 Å². The highest BCUT2D eigenvalue weighted by molar-refractivity contribution is 6.76. The second-order valence-electron chi connectivity index (χ2n) is 8.54. The maximum atomic E-state index is 13.6. The van der Waals surface area contributed by atoms with Crippen molar-refractivity contribution in [2.24, 2.45) is 5.73 Å². The van der Waals surface area contributed by atoms with Crippen LogP contribution in [0.25, 0.3) is 11.0 Å². The summed E-state index contributed by atoms with van der Waals surface area (Å²) >= 11 is 0. The Bertz CT molecular complexity index is 965. The largest absolute Gasteiger partial charge is 0.419 e. The monoisotopic (exact) mass is 441 g/mol. The second-order valence-corrected chi connectivity index (χ2v) is 14.2. The van der Waals surface area contributed by atoms with E-state index in [0.717, 1.165) is 12.2 Å². The number of nitrogens with two attached hydrogens (primary N) is 1. The number of fused-ring (bicyclic) bond motifs is 1. The molecule has 0 atom stereocenters. The number of anilines is 1. The molecule has 3 heterocycles. The van der Waals surface area contributed by atoms with Gasteiger partial charge < -0.3 is 19.9 Å². The van der Waals surface area contributed by atoms with Gasteiger partial charge in [0.05, 0.1) is 17.4 Å². The zero-order chi connectivity index (χ0) is 22.1. The van der Waals surface area contributed by atoms with Crippen molar-refractivity contribution in [2.75, 3.05) is 24.6 Å². The number of rotatable bonds is 7. The lowest BCUT2D eigenvalue weighted by Gasteiger charge is -2.27. The first-order valence-electron chi connectivity index (χ1n) is 9.70. The number of primary amides is 1. The number of ether oxygens (including phenoxy) is 1. The topological polar surface area (TPSA) is 86.3 Å². The molecule has 2 N–H and O–H groups in total. The summed E-state index contributed by atoms with van der Waals surface area (Å²) in [6.07, 6.45) is -0.298. The number of halogens is 3. The summed E-state index contributed by atoms with van der Waals surface area (Å²) in [7, 11) is -1.30. The third-order valence-electron chi connectivity index (χ3n) is 4.98. The summed E-state index contributed by atoms with van der Waals surface area (Å²) in [5, 5.41) is 0. The van der Waals surface area contributed by atoms with E-state index in [0.29, 0.717) is 37.5 Å². The first-order valence-corrected chi connectivity index (χ1v) is 13.4. The van der Waals surface area contributed by atoms with Gasteiger partial charge in [-0.1, -0.05) is 25.7 Å². The summed E-state index contributed by atoms with van der Waals surface area (Å²) in [5.74, 6) is -0.140. The zero-order valence-electron chi connectivity index (χ0n) is 17.3. The Morgan fingerprint density at radius 2 is 2.03 bits per heavy atom. The number of alkyl halides is 3. The van der Waals surface area contributed by atoms with E-state index in [1.165, 1.54) is 10.9 Å². The van der Waals surface area contributed by atoms with Crippen LogP contribution in [0.1, 0.15) is 12.0 Å². The molecule has 0 saturated heterocycles. The highest BCUT2D eigenvalue weighted by Crippen LogP contribution is 2.37. The Labute approximate surface area is 173 Å². The molecule has 1 aliphatic rings. The summed E-state index contributed by atoms with van der Waals surface area (Å²) in [6.45, 7) is 7.84. The number of hydrogen-bond donors (Lipinski definition) is 1. The van der Waals surface area contributed by atoms with Crippen molar-refractivity contribution in [1.29, 1.82) is 0 Å². The molecule has 0 aromatic carbocycles. The van der Waals surface area contributed by atoms with E-state index in [2.05, 4.69) is 29.6 Å². The molecule has 0 saturated carbocycles. The molecule has 30 heavy (non-hydrogen) atoms. The van der Waals surface area contributed by atoms with Gasteiger partial charge in [-0.15, -0.1) is 0 Å². The van der Waals surface area contributed by atoms with Crippen molar-refractivity contribution in [3.8, 4) is 0 Å². The Morgan fingerprint density at radius 1 is 1.30 bits per heavy atom. The summed E-state index contributed by atoms with van der Waals surface area (Å²) < 4.78 is 48.0. The molecule has 1 aliphatic heterocycles. The highest BCUT2D eigenvalue weighted by Gasteiger charge is 2.36. The molecule has 3 rings (SSSR count). The van der Waals surface area contributed by atoms with Gasteiger partial charge in [-0.2, -0.15) is 13.2 Å². The number of nitrogens with zero attached hydrogens (tertiary/aromatic N) is 4. The number of hydrogen-bond acceptors (Lipinski definition) is 5. The highest BCUT2D eigenvalue weighted by atomic mass is 28.3. The third-order valence-corrected chi connectivity index (χ3v) is 6.68. The molecule has 0 unspecified atom stereocenters. The van der Waals surface area contributed by atoms with Gasteiger partial charge in [-0.05, 0) is 12.5 Å². The zero-order valence-corrected chi connectivity index (χ0v) is 18.3. The van der Waals surface area contributed by atoms with Crippen molar-refractivity contribution in [3.05, 3.63) is 29.7 Å². The van der Waals surface area contributed by atoms with E-state index in [1.54, 1.807) is 11.0 Å². The Balaban J connectivity index is 1.92. The second kappa shape index (κ2) is 8.38. The molecule has 1 amide bonds. The average molecular weight is 442 g/mol. The third kappa shape index (κ3) is 5.01. The van der Waals surface area contributed by atoms with Crippen LogP contribution in [0.2, 0.25) is 25.7 Å². The number of aromatic nitrogens is 3. The maximum Gasteiger partial charge on any atom is 0.419 e. The van der Waals surface area contributed by atoms with Crippen molar-refractivity contribution >= 4 is 30.8 Å². The molecule has 0 aliphatic carbocycles. The standard InChI is InChI=1S/C19H26F3N5O2Si/c1-30(2,3)9-8-29-12-27-11-25-15-16(27)14(19(20,21)22)10-24-18(15)26-6-4-13(5-7-26)17(23)28/h4,10-11H,5-9,12H2,1-3H3,(H2,23,28). The van der Waals surface area contributed by atoms with Crippen LogP contribution < -0.4 is 10.6 Å². The molecule has 0 radical (unpaired) electrons. The fraction of sp³-hybridized carbons (Fsp3) is 0.526. The van der Waals surface area contributed by atoms with E-state index in [4.69, 9.17) is 10.5 Å². The predicted octanol–water partition coefficient (Wildman–Crippen LogP) is 3.38. The molecule has 11 heteroatoms. The smallest absolute Gasteiger partial charge is 0.366 e. The minimum Gasteiger partial charge on any atom is -0.366 e. The normalized spacial score (nSPS) is 15.5. The van der Waals surface area contributed by atoms with Crippen molar-refractivity contribution < 1.29 is 22.7 Å². The van der Waals surface area contributed by atoms with Gasteiger partial charge in [0.2, 0.25) is 5.91 Å². The molecule has 0 spiro atoms. The predicted molar refractivity (Wildman–Crippen MR) is 111 cm³/mol. The lowest BCUT2D eigenvalue weighted by Crippen LogP contribution is -2.32. The van der Waals surface area contributed by atoms with Crippen LogP contribution in [0.3, 0.4) is 0 Å². The van der Waals surface area contributed by atoms with Crippen molar-refractivity contribution in [2.45, 2.75) is 45.0 Å². The lowest BCUT2D eigenvalue weighted by atomic mass is 10.1. The van der Waals surface area contributed by atoms with E-state index >= 15 is 0 Å². The van der Waals surface area contributed by atoms with Crippen LogP contribution >= 0.6 is 0 Å². The van der Waals surface area contributed by atoms with Gasteiger partial charge in [0.1, 0.15) is 12.2 Å². The Morgan fingerprint density at radius 3 is 2.60 bits per heavy atom. The number of amides is 1. The maximum absolute atomic E-state index is 13.6.